The highest BCUT2D eigenvalue weighted by Gasteiger charge is 2.18. The van der Waals surface area contributed by atoms with Crippen LogP contribution in [0.2, 0.25) is 10.0 Å². The lowest BCUT2D eigenvalue weighted by atomic mass is 10.0. The predicted octanol–water partition coefficient (Wildman–Crippen LogP) is 6.31. The Kier molecular flexibility index (Phi) is 4.89. The van der Waals surface area contributed by atoms with Crippen LogP contribution >= 0.6 is 23.2 Å². The molecule has 0 aliphatic rings. The van der Waals surface area contributed by atoms with Crippen molar-refractivity contribution in [3.8, 4) is 11.1 Å². The van der Waals surface area contributed by atoms with Gasteiger partial charge in [-0.1, -0.05) is 53.5 Å². The third kappa shape index (κ3) is 3.44. The summed E-state index contributed by atoms with van der Waals surface area (Å²) in [7, 11) is 0. The van der Waals surface area contributed by atoms with Crippen molar-refractivity contribution in [2.75, 3.05) is 0 Å². The van der Waals surface area contributed by atoms with Crippen LogP contribution in [-0.2, 0) is 6.54 Å². The molecule has 2 N–H and O–H groups in total. The Morgan fingerprint density at radius 1 is 0.935 bits per heavy atom. The molecule has 152 valence electrons. The van der Waals surface area contributed by atoms with Gasteiger partial charge in [0, 0.05) is 38.1 Å². The zero-order valence-corrected chi connectivity index (χ0v) is 17.9. The summed E-state index contributed by atoms with van der Waals surface area (Å²) < 4.78 is 2.16. The van der Waals surface area contributed by atoms with Crippen molar-refractivity contribution in [1.82, 2.24) is 9.55 Å². The number of pyridine rings is 1. The number of hydrogen-bond acceptors (Lipinski definition) is 2. The van der Waals surface area contributed by atoms with E-state index in [0.717, 1.165) is 38.6 Å². The molecule has 5 rings (SSSR count). The second-order valence-electron chi connectivity index (χ2n) is 7.33. The highest BCUT2D eigenvalue weighted by atomic mass is 35.5. The number of primary amides is 1. The maximum atomic E-state index is 12.2. The molecule has 1 amide bonds. The van der Waals surface area contributed by atoms with Crippen LogP contribution in [0.25, 0.3) is 32.9 Å². The van der Waals surface area contributed by atoms with Gasteiger partial charge < -0.3 is 10.3 Å². The normalized spacial score (nSPS) is 11.3. The number of nitrogens with zero attached hydrogens (tertiary/aromatic N) is 2. The molecule has 6 heteroatoms. The van der Waals surface area contributed by atoms with Crippen LogP contribution in [0.5, 0.6) is 0 Å². The molecule has 5 aromatic rings. The number of hydrogen-bond donors (Lipinski definition) is 1. The number of carbonyl (C=O) groups excluding carboxylic acids is 1. The van der Waals surface area contributed by atoms with E-state index in [-0.39, 0.29) is 0 Å². The molecule has 0 saturated carbocycles. The van der Waals surface area contributed by atoms with E-state index >= 15 is 0 Å². The fraction of sp³-hybridized carbons (Fsp3) is 0.0400. The number of halogens is 2. The first-order valence-corrected chi connectivity index (χ1v) is 10.5. The van der Waals surface area contributed by atoms with Gasteiger partial charge in [0.15, 0.2) is 0 Å². The molecule has 0 spiro atoms. The molecule has 2 heterocycles. The lowest BCUT2D eigenvalue weighted by Gasteiger charge is -2.09. The first-order valence-electron chi connectivity index (χ1n) is 9.73. The monoisotopic (exact) mass is 445 g/mol. The van der Waals surface area contributed by atoms with Gasteiger partial charge in [-0.3, -0.25) is 9.78 Å². The third-order valence-electron chi connectivity index (χ3n) is 5.44. The Hall–Kier alpha value is -3.34. The molecule has 0 aliphatic heterocycles. The Bertz CT molecular complexity index is 1460. The lowest BCUT2D eigenvalue weighted by molar-refractivity contribution is 0.100. The largest absolute Gasteiger partial charge is 0.366 e. The van der Waals surface area contributed by atoms with Crippen molar-refractivity contribution in [3.63, 3.8) is 0 Å². The van der Waals surface area contributed by atoms with Gasteiger partial charge in [-0.25, -0.2) is 0 Å². The van der Waals surface area contributed by atoms with Crippen LogP contribution in [-0.4, -0.2) is 15.5 Å². The molecule has 0 aliphatic carbocycles. The van der Waals surface area contributed by atoms with Crippen LogP contribution in [0.15, 0.2) is 79.0 Å². The topological polar surface area (TPSA) is 60.9 Å². The van der Waals surface area contributed by atoms with E-state index in [1.165, 1.54) is 0 Å². The average Bonchev–Trinajstić information content (AvgIpc) is 3.07. The van der Waals surface area contributed by atoms with Crippen LogP contribution in [0.1, 0.15) is 16.1 Å². The maximum absolute atomic E-state index is 12.2. The van der Waals surface area contributed by atoms with Crippen LogP contribution in [0.3, 0.4) is 0 Å². The molecule has 31 heavy (non-hydrogen) atoms. The van der Waals surface area contributed by atoms with Gasteiger partial charge >= 0.3 is 0 Å². The molecule has 4 nitrogen and oxygen atoms in total. The fourth-order valence-electron chi connectivity index (χ4n) is 4.06. The summed E-state index contributed by atoms with van der Waals surface area (Å²) in [5.41, 5.74) is 10.9. The van der Waals surface area contributed by atoms with E-state index in [4.69, 9.17) is 28.9 Å². The van der Waals surface area contributed by atoms with Crippen molar-refractivity contribution in [3.05, 3.63) is 100 Å². The Morgan fingerprint density at radius 3 is 2.55 bits per heavy atom. The summed E-state index contributed by atoms with van der Waals surface area (Å²) in [6, 6.07) is 23.0. The number of benzene rings is 3. The number of amides is 1. The molecule has 2 aromatic heterocycles. The van der Waals surface area contributed by atoms with Gasteiger partial charge in [-0.2, -0.15) is 0 Å². The Balaban J connectivity index is 1.82. The second-order valence-corrected chi connectivity index (χ2v) is 8.17. The number of nitrogens with two attached hydrogens (primary N) is 1. The second kappa shape index (κ2) is 7.73. The smallest absolute Gasteiger partial charge is 0.249 e. The minimum Gasteiger partial charge on any atom is -0.366 e. The van der Waals surface area contributed by atoms with Crippen molar-refractivity contribution in [2.24, 2.45) is 5.73 Å². The lowest BCUT2D eigenvalue weighted by Crippen LogP contribution is -2.11. The van der Waals surface area contributed by atoms with E-state index in [0.29, 0.717) is 22.2 Å². The molecular formula is C25H17Cl2N3O. The van der Waals surface area contributed by atoms with Crippen molar-refractivity contribution >= 4 is 50.9 Å². The van der Waals surface area contributed by atoms with Crippen molar-refractivity contribution < 1.29 is 4.79 Å². The van der Waals surface area contributed by atoms with E-state index in [9.17, 15) is 4.79 Å². The third-order valence-corrected chi connectivity index (χ3v) is 5.99. The number of aromatic nitrogens is 2. The summed E-state index contributed by atoms with van der Waals surface area (Å²) >= 11 is 12.5. The van der Waals surface area contributed by atoms with Gasteiger partial charge in [-0.05, 0) is 48.0 Å². The standard InChI is InChI=1S/C25H17Cl2N3O/c26-16-8-10-18(21(27)13-16)15-7-9-19-23(12-15)30(14-17-4-1-2-11-29-17)22-6-3-5-20(24(19)22)25(28)31/h1-13H,14H2,(H2,28,31). The zero-order chi connectivity index (χ0) is 21.5. The number of carbonyl (C=O) groups is 1. The molecule has 0 fully saturated rings. The van der Waals surface area contributed by atoms with Crippen LogP contribution in [0, 0.1) is 0 Å². The fourth-order valence-corrected chi connectivity index (χ4v) is 4.58. The zero-order valence-electron chi connectivity index (χ0n) is 16.3. The van der Waals surface area contributed by atoms with Gasteiger partial charge in [0.05, 0.1) is 23.3 Å². The highest BCUT2D eigenvalue weighted by molar-refractivity contribution is 6.36. The minimum atomic E-state index is -0.452. The van der Waals surface area contributed by atoms with Gasteiger partial charge in [0.1, 0.15) is 0 Å². The van der Waals surface area contributed by atoms with Crippen molar-refractivity contribution in [2.45, 2.75) is 6.54 Å². The van der Waals surface area contributed by atoms with Crippen LogP contribution < -0.4 is 5.73 Å². The minimum absolute atomic E-state index is 0.452. The number of fused-ring (bicyclic) bond motifs is 3. The van der Waals surface area contributed by atoms with Crippen LogP contribution in [0.4, 0.5) is 0 Å². The number of rotatable bonds is 4. The van der Waals surface area contributed by atoms with E-state index in [2.05, 4.69) is 15.6 Å². The molecular weight excluding hydrogens is 429 g/mol. The summed E-state index contributed by atoms with van der Waals surface area (Å²) in [6.07, 6.45) is 1.77. The van der Waals surface area contributed by atoms with E-state index in [1.54, 1.807) is 18.3 Å². The van der Waals surface area contributed by atoms with Crippen molar-refractivity contribution in [1.29, 1.82) is 0 Å². The molecule has 3 aromatic carbocycles. The average molecular weight is 446 g/mol. The molecule has 0 bridgehead atoms. The van der Waals surface area contributed by atoms with Gasteiger partial charge in [0.2, 0.25) is 5.91 Å². The molecule has 0 radical (unpaired) electrons. The quantitative estimate of drug-likeness (QED) is 0.352. The van der Waals surface area contributed by atoms with Gasteiger partial charge in [0.25, 0.3) is 0 Å². The first-order chi connectivity index (χ1) is 15.0. The van der Waals surface area contributed by atoms with E-state index < -0.39 is 5.91 Å². The predicted molar refractivity (Wildman–Crippen MR) is 127 cm³/mol. The van der Waals surface area contributed by atoms with E-state index in [1.807, 2.05) is 54.6 Å². The Morgan fingerprint density at radius 2 is 1.81 bits per heavy atom. The SMILES string of the molecule is NC(=O)c1cccc2c1c1ccc(-c3ccc(Cl)cc3Cl)cc1n2Cc1ccccn1. The maximum Gasteiger partial charge on any atom is 0.249 e. The molecule has 0 unspecified atom stereocenters. The summed E-state index contributed by atoms with van der Waals surface area (Å²) in [5, 5.41) is 2.96. The summed E-state index contributed by atoms with van der Waals surface area (Å²) in [5.74, 6) is -0.452. The van der Waals surface area contributed by atoms with Gasteiger partial charge in [-0.15, -0.1) is 0 Å². The summed E-state index contributed by atoms with van der Waals surface area (Å²) in [4.78, 5) is 16.6. The highest BCUT2D eigenvalue weighted by Crippen LogP contribution is 2.37. The first kappa shape index (κ1) is 19.6. The summed E-state index contributed by atoms with van der Waals surface area (Å²) in [6.45, 7) is 0.556. The Labute approximate surface area is 188 Å². The molecule has 0 atom stereocenters. The molecule has 0 saturated heterocycles.